The molecule has 3 heteroatoms. The molecule has 19 heavy (non-hydrogen) atoms. The molecule has 0 amide bonds. The van der Waals surface area contributed by atoms with Crippen LogP contribution in [0.4, 0.5) is 10.1 Å². The minimum atomic E-state index is -0.174. The summed E-state index contributed by atoms with van der Waals surface area (Å²) in [6, 6.07) is 15.7. The summed E-state index contributed by atoms with van der Waals surface area (Å²) >= 11 is 0. The zero-order chi connectivity index (χ0) is 13.2. The number of nitrogens with zero attached hydrogens (tertiary/aromatic N) is 1. The number of benzene rings is 2. The van der Waals surface area contributed by atoms with Crippen LogP contribution in [-0.2, 0) is 6.54 Å². The van der Waals surface area contributed by atoms with Gasteiger partial charge in [0.05, 0.1) is 6.04 Å². The van der Waals surface area contributed by atoms with Crippen LogP contribution >= 0.6 is 0 Å². The van der Waals surface area contributed by atoms with E-state index in [0.717, 1.165) is 24.3 Å². The maximum atomic E-state index is 13.3. The lowest BCUT2D eigenvalue weighted by molar-refractivity contribution is 0.251. The number of fused-ring (bicyclic) bond motifs is 1. The number of hydrogen-bond donors (Lipinski definition) is 1. The molecule has 0 spiro atoms. The van der Waals surface area contributed by atoms with Crippen LogP contribution in [0.1, 0.15) is 17.2 Å². The molecule has 1 heterocycles. The highest BCUT2D eigenvalue weighted by Gasteiger charge is 2.21. The first kappa shape index (κ1) is 12.2. The topological polar surface area (TPSA) is 15.3 Å². The van der Waals surface area contributed by atoms with Gasteiger partial charge < -0.3 is 5.32 Å². The molecule has 0 radical (unpaired) electrons. The molecular formula is C16H17FN2. The number of hydrogen-bond acceptors (Lipinski definition) is 2. The second-order valence-corrected chi connectivity index (χ2v) is 5.02. The normalized spacial score (nSPS) is 19.4. The zero-order valence-corrected chi connectivity index (χ0v) is 10.9. The van der Waals surface area contributed by atoms with Crippen molar-refractivity contribution in [2.24, 2.45) is 0 Å². The molecule has 0 saturated carbocycles. The molecule has 1 aliphatic rings. The highest BCUT2D eigenvalue weighted by atomic mass is 19.1. The molecule has 0 aliphatic carbocycles. The summed E-state index contributed by atoms with van der Waals surface area (Å²) in [7, 11) is 2.08. The van der Waals surface area contributed by atoms with E-state index < -0.39 is 0 Å². The van der Waals surface area contributed by atoms with E-state index in [1.807, 2.05) is 12.1 Å². The standard InChI is InChI=1S/C16H17FN2/c1-19-11-13-9-14(17)7-8-15(13)18-10-16(19)12-5-3-2-4-6-12/h2-9,16,18H,10-11H2,1H3. The van der Waals surface area contributed by atoms with Crippen LogP contribution in [0, 0.1) is 5.82 Å². The number of halogens is 1. The van der Waals surface area contributed by atoms with Gasteiger partial charge in [-0.3, -0.25) is 4.90 Å². The molecule has 2 aromatic rings. The maximum Gasteiger partial charge on any atom is 0.123 e. The predicted octanol–water partition coefficient (Wildman–Crippen LogP) is 3.42. The van der Waals surface area contributed by atoms with Crippen molar-refractivity contribution in [3.63, 3.8) is 0 Å². The van der Waals surface area contributed by atoms with Gasteiger partial charge in [-0.2, -0.15) is 0 Å². The molecule has 2 aromatic carbocycles. The molecule has 0 fully saturated rings. The molecule has 1 unspecified atom stereocenters. The Morgan fingerprint density at radius 2 is 1.95 bits per heavy atom. The number of rotatable bonds is 1. The highest BCUT2D eigenvalue weighted by Crippen LogP contribution is 2.28. The Kier molecular flexibility index (Phi) is 3.22. The number of likely N-dealkylation sites (N-methyl/N-ethyl adjacent to an activating group) is 1. The Balaban J connectivity index is 1.90. The summed E-state index contributed by atoms with van der Waals surface area (Å²) in [5, 5.41) is 3.42. The van der Waals surface area contributed by atoms with Crippen molar-refractivity contribution in [3.05, 3.63) is 65.5 Å². The van der Waals surface area contributed by atoms with Gasteiger partial charge in [0.15, 0.2) is 0 Å². The monoisotopic (exact) mass is 256 g/mol. The number of nitrogens with one attached hydrogen (secondary N) is 1. The van der Waals surface area contributed by atoms with Crippen molar-refractivity contribution in [1.82, 2.24) is 4.90 Å². The molecule has 2 nitrogen and oxygen atoms in total. The van der Waals surface area contributed by atoms with Crippen LogP contribution in [0.5, 0.6) is 0 Å². The Labute approximate surface area is 112 Å². The number of anilines is 1. The van der Waals surface area contributed by atoms with E-state index >= 15 is 0 Å². The molecule has 1 aliphatic heterocycles. The molecule has 98 valence electrons. The summed E-state index contributed by atoms with van der Waals surface area (Å²) < 4.78 is 13.3. The van der Waals surface area contributed by atoms with Crippen molar-refractivity contribution < 1.29 is 4.39 Å². The Morgan fingerprint density at radius 3 is 2.74 bits per heavy atom. The van der Waals surface area contributed by atoms with Crippen LogP contribution < -0.4 is 5.32 Å². The van der Waals surface area contributed by atoms with E-state index in [4.69, 9.17) is 0 Å². The van der Waals surface area contributed by atoms with E-state index in [0.29, 0.717) is 6.04 Å². The van der Waals surface area contributed by atoms with Crippen molar-refractivity contribution in [2.45, 2.75) is 12.6 Å². The van der Waals surface area contributed by atoms with Crippen molar-refractivity contribution in [1.29, 1.82) is 0 Å². The molecule has 0 saturated heterocycles. The SMILES string of the molecule is CN1Cc2cc(F)ccc2NCC1c1ccccc1. The van der Waals surface area contributed by atoms with Crippen molar-refractivity contribution >= 4 is 5.69 Å². The lowest BCUT2D eigenvalue weighted by Crippen LogP contribution is -2.26. The first-order chi connectivity index (χ1) is 9.24. The average Bonchev–Trinajstić information content (AvgIpc) is 2.57. The van der Waals surface area contributed by atoms with E-state index in [9.17, 15) is 4.39 Å². The zero-order valence-electron chi connectivity index (χ0n) is 10.9. The first-order valence-corrected chi connectivity index (χ1v) is 6.51. The van der Waals surface area contributed by atoms with Crippen LogP contribution in [0.2, 0.25) is 0 Å². The fourth-order valence-electron chi connectivity index (χ4n) is 2.65. The quantitative estimate of drug-likeness (QED) is 0.841. The molecule has 1 atom stereocenters. The van der Waals surface area contributed by atoms with Gasteiger partial charge >= 0.3 is 0 Å². The van der Waals surface area contributed by atoms with E-state index in [2.05, 4.69) is 41.5 Å². The Hall–Kier alpha value is -1.87. The lowest BCUT2D eigenvalue weighted by Gasteiger charge is -2.25. The lowest BCUT2D eigenvalue weighted by atomic mass is 10.1. The molecular weight excluding hydrogens is 239 g/mol. The van der Waals surface area contributed by atoms with Gasteiger partial charge in [-0.15, -0.1) is 0 Å². The van der Waals surface area contributed by atoms with Crippen LogP contribution in [0.25, 0.3) is 0 Å². The van der Waals surface area contributed by atoms with Gasteiger partial charge in [0.2, 0.25) is 0 Å². The fraction of sp³-hybridized carbons (Fsp3) is 0.250. The second-order valence-electron chi connectivity index (χ2n) is 5.02. The van der Waals surface area contributed by atoms with Crippen LogP contribution in [0.3, 0.4) is 0 Å². The summed E-state index contributed by atoms with van der Waals surface area (Å²) in [6.45, 7) is 1.58. The maximum absolute atomic E-state index is 13.3. The summed E-state index contributed by atoms with van der Waals surface area (Å²) in [4.78, 5) is 2.26. The molecule has 1 N–H and O–H groups in total. The smallest absolute Gasteiger partial charge is 0.123 e. The molecule has 0 aromatic heterocycles. The summed E-state index contributed by atoms with van der Waals surface area (Å²) in [5.41, 5.74) is 3.33. The van der Waals surface area contributed by atoms with Crippen molar-refractivity contribution in [3.8, 4) is 0 Å². The highest BCUT2D eigenvalue weighted by molar-refractivity contribution is 5.52. The van der Waals surface area contributed by atoms with Gasteiger partial charge in [-0.1, -0.05) is 30.3 Å². The van der Waals surface area contributed by atoms with Crippen molar-refractivity contribution in [2.75, 3.05) is 18.9 Å². The van der Waals surface area contributed by atoms with E-state index in [1.165, 1.54) is 11.6 Å². The van der Waals surface area contributed by atoms with Gasteiger partial charge in [-0.25, -0.2) is 4.39 Å². The van der Waals surface area contributed by atoms with Gasteiger partial charge in [-0.05, 0) is 36.4 Å². The van der Waals surface area contributed by atoms with Crippen LogP contribution in [-0.4, -0.2) is 18.5 Å². The minimum absolute atomic E-state index is 0.174. The minimum Gasteiger partial charge on any atom is -0.383 e. The van der Waals surface area contributed by atoms with E-state index in [1.54, 1.807) is 6.07 Å². The summed E-state index contributed by atoms with van der Waals surface area (Å²) in [6.07, 6.45) is 0. The first-order valence-electron chi connectivity index (χ1n) is 6.51. The molecule has 0 bridgehead atoms. The third-order valence-electron chi connectivity index (χ3n) is 3.69. The Bertz CT molecular complexity index is 568. The third kappa shape index (κ3) is 2.47. The molecule has 3 rings (SSSR count). The van der Waals surface area contributed by atoms with Crippen LogP contribution in [0.15, 0.2) is 48.5 Å². The Morgan fingerprint density at radius 1 is 1.16 bits per heavy atom. The third-order valence-corrected chi connectivity index (χ3v) is 3.69. The average molecular weight is 256 g/mol. The fourth-order valence-corrected chi connectivity index (χ4v) is 2.65. The van der Waals surface area contributed by atoms with Gasteiger partial charge in [0.1, 0.15) is 5.82 Å². The summed E-state index contributed by atoms with van der Waals surface area (Å²) in [5.74, 6) is -0.174. The van der Waals surface area contributed by atoms with Gasteiger partial charge in [0, 0.05) is 18.8 Å². The predicted molar refractivity (Wildman–Crippen MR) is 75.5 cm³/mol. The van der Waals surface area contributed by atoms with Gasteiger partial charge in [0.25, 0.3) is 0 Å². The second kappa shape index (κ2) is 5.02. The van der Waals surface area contributed by atoms with E-state index in [-0.39, 0.29) is 5.82 Å². The largest absolute Gasteiger partial charge is 0.383 e.